The molecule has 3 rings (SSSR count). The number of rotatable bonds is 3. The van der Waals surface area contributed by atoms with Gasteiger partial charge < -0.3 is 5.11 Å². The molecule has 1 aromatic carbocycles. The van der Waals surface area contributed by atoms with Crippen LogP contribution in [-0.2, 0) is 9.59 Å². The Bertz CT molecular complexity index is 502. The second kappa shape index (κ2) is 4.46. The van der Waals surface area contributed by atoms with Gasteiger partial charge in [0.05, 0.1) is 18.1 Å². The number of nitrogens with zero attached hydrogens (tertiary/aromatic N) is 1. The molecule has 1 saturated carbocycles. The molecule has 0 bridgehead atoms. The summed E-state index contributed by atoms with van der Waals surface area (Å²) in [6, 6.07) is 9.41. The number of imide groups is 1. The van der Waals surface area contributed by atoms with E-state index >= 15 is 0 Å². The first-order valence-corrected chi connectivity index (χ1v) is 6.71. The van der Waals surface area contributed by atoms with Crippen LogP contribution in [0, 0.1) is 0 Å². The minimum absolute atomic E-state index is 0.119. The molecular weight excluding hydrogens is 242 g/mol. The second-order valence-electron chi connectivity index (χ2n) is 5.47. The van der Waals surface area contributed by atoms with Crippen LogP contribution >= 0.6 is 0 Å². The molecule has 1 atom stereocenters. The largest absolute Gasteiger partial charge is 0.394 e. The van der Waals surface area contributed by atoms with E-state index in [1.807, 2.05) is 30.3 Å². The molecule has 1 N–H and O–H groups in total. The van der Waals surface area contributed by atoms with Crippen molar-refractivity contribution >= 4 is 11.8 Å². The maximum Gasteiger partial charge on any atom is 0.237 e. The predicted octanol–water partition coefficient (Wildman–Crippen LogP) is 1.44. The van der Waals surface area contributed by atoms with E-state index in [1.54, 1.807) is 0 Å². The molecule has 1 aliphatic carbocycles. The van der Waals surface area contributed by atoms with Crippen LogP contribution in [0.2, 0.25) is 0 Å². The normalized spacial score (nSPS) is 25.5. The van der Waals surface area contributed by atoms with Crippen LogP contribution in [0.4, 0.5) is 0 Å². The summed E-state index contributed by atoms with van der Waals surface area (Å²) in [4.78, 5) is 26.0. The van der Waals surface area contributed by atoms with Crippen LogP contribution in [0.5, 0.6) is 0 Å². The van der Waals surface area contributed by atoms with Crippen molar-refractivity contribution in [2.24, 2.45) is 0 Å². The minimum Gasteiger partial charge on any atom is -0.394 e. The Balaban J connectivity index is 1.90. The van der Waals surface area contributed by atoms with Gasteiger partial charge in [-0.2, -0.15) is 0 Å². The average molecular weight is 259 g/mol. The number of aliphatic hydroxyl groups excluding tert-OH is 1. The summed E-state index contributed by atoms with van der Waals surface area (Å²) in [5, 5.41) is 9.54. The smallest absolute Gasteiger partial charge is 0.237 e. The Morgan fingerprint density at radius 2 is 1.89 bits per heavy atom. The van der Waals surface area contributed by atoms with Gasteiger partial charge in [-0.3, -0.25) is 14.5 Å². The lowest BCUT2D eigenvalue weighted by molar-refractivity contribution is -0.153. The third-order valence-electron chi connectivity index (χ3n) is 4.40. The quantitative estimate of drug-likeness (QED) is 0.836. The van der Waals surface area contributed by atoms with Crippen molar-refractivity contribution in [2.75, 3.05) is 6.61 Å². The van der Waals surface area contributed by atoms with Gasteiger partial charge in [0.1, 0.15) is 0 Å². The Morgan fingerprint density at radius 3 is 2.42 bits per heavy atom. The van der Waals surface area contributed by atoms with Gasteiger partial charge in [-0.15, -0.1) is 0 Å². The first-order valence-electron chi connectivity index (χ1n) is 6.71. The molecule has 1 aromatic rings. The molecule has 0 radical (unpaired) electrons. The van der Waals surface area contributed by atoms with Crippen molar-refractivity contribution in [2.45, 2.75) is 37.1 Å². The Hall–Kier alpha value is -1.68. The van der Waals surface area contributed by atoms with E-state index in [1.165, 1.54) is 4.90 Å². The van der Waals surface area contributed by atoms with Crippen LogP contribution < -0.4 is 0 Å². The van der Waals surface area contributed by atoms with E-state index in [0.29, 0.717) is 0 Å². The van der Waals surface area contributed by atoms with E-state index in [9.17, 15) is 14.7 Å². The number of hydrogen-bond acceptors (Lipinski definition) is 3. The highest BCUT2D eigenvalue weighted by Gasteiger charge is 2.53. The van der Waals surface area contributed by atoms with Gasteiger partial charge in [-0.1, -0.05) is 30.3 Å². The van der Waals surface area contributed by atoms with Crippen molar-refractivity contribution in [3.8, 4) is 0 Å². The topological polar surface area (TPSA) is 57.6 Å². The molecule has 1 unspecified atom stereocenters. The zero-order valence-electron chi connectivity index (χ0n) is 10.7. The van der Waals surface area contributed by atoms with Gasteiger partial charge in [-0.05, 0) is 24.8 Å². The molecule has 1 heterocycles. The molecule has 4 heteroatoms. The Kier molecular flexibility index (Phi) is 2.90. The van der Waals surface area contributed by atoms with Crippen molar-refractivity contribution in [1.29, 1.82) is 0 Å². The molecule has 2 amide bonds. The van der Waals surface area contributed by atoms with Crippen LogP contribution in [0.15, 0.2) is 30.3 Å². The van der Waals surface area contributed by atoms with Gasteiger partial charge in [0.2, 0.25) is 11.8 Å². The monoisotopic (exact) mass is 259 g/mol. The predicted molar refractivity (Wildman–Crippen MR) is 69.3 cm³/mol. The molecule has 0 aromatic heterocycles. The summed E-state index contributed by atoms with van der Waals surface area (Å²) >= 11 is 0. The summed E-state index contributed by atoms with van der Waals surface area (Å²) in [5.41, 5.74) is 0.272. The summed E-state index contributed by atoms with van der Waals surface area (Å²) in [7, 11) is 0. The van der Waals surface area contributed by atoms with Gasteiger partial charge in [0, 0.05) is 6.42 Å². The summed E-state index contributed by atoms with van der Waals surface area (Å²) in [5.74, 6) is -0.671. The summed E-state index contributed by atoms with van der Waals surface area (Å²) < 4.78 is 0. The molecule has 0 spiro atoms. The summed E-state index contributed by atoms with van der Waals surface area (Å²) in [6.45, 7) is -0.119. The molecule has 100 valence electrons. The van der Waals surface area contributed by atoms with E-state index < -0.39 is 5.54 Å². The van der Waals surface area contributed by atoms with Crippen molar-refractivity contribution in [3.63, 3.8) is 0 Å². The SMILES string of the molecule is O=C1CC(c2ccccc2)C(=O)N1C1(CO)CCC1. The molecule has 1 saturated heterocycles. The minimum atomic E-state index is -0.613. The number of hydrogen-bond donors (Lipinski definition) is 1. The lowest BCUT2D eigenvalue weighted by atomic mass is 9.76. The van der Waals surface area contributed by atoms with Crippen molar-refractivity contribution in [1.82, 2.24) is 4.90 Å². The van der Waals surface area contributed by atoms with Gasteiger partial charge >= 0.3 is 0 Å². The molecule has 19 heavy (non-hydrogen) atoms. The molecular formula is C15H17NO3. The van der Waals surface area contributed by atoms with E-state index in [-0.39, 0.29) is 30.8 Å². The van der Waals surface area contributed by atoms with Crippen LogP contribution in [0.1, 0.15) is 37.2 Å². The fourth-order valence-electron chi connectivity index (χ4n) is 3.11. The number of amides is 2. The number of aliphatic hydroxyl groups is 1. The highest BCUT2D eigenvalue weighted by molar-refractivity contribution is 6.07. The third kappa shape index (κ3) is 1.78. The zero-order valence-corrected chi connectivity index (χ0v) is 10.7. The zero-order chi connectivity index (χ0) is 13.5. The van der Waals surface area contributed by atoms with Crippen LogP contribution in [0.3, 0.4) is 0 Å². The molecule has 1 aliphatic heterocycles. The van der Waals surface area contributed by atoms with E-state index in [4.69, 9.17) is 0 Å². The van der Waals surface area contributed by atoms with Gasteiger partial charge in [0.25, 0.3) is 0 Å². The third-order valence-corrected chi connectivity index (χ3v) is 4.40. The van der Waals surface area contributed by atoms with Crippen LogP contribution in [-0.4, -0.2) is 34.0 Å². The molecule has 2 aliphatic rings. The first kappa shape index (κ1) is 12.4. The fraction of sp³-hybridized carbons (Fsp3) is 0.467. The number of benzene rings is 1. The lowest BCUT2D eigenvalue weighted by Crippen LogP contribution is -2.58. The standard InChI is InChI=1S/C15H17NO3/c17-10-15(7-4-8-15)16-13(18)9-12(14(16)19)11-5-2-1-3-6-11/h1-3,5-6,12,17H,4,7-10H2. The van der Waals surface area contributed by atoms with Crippen LogP contribution in [0.25, 0.3) is 0 Å². The maximum atomic E-state index is 12.5. The highest BCUT2D eigenvalue weighted by atomic mass is 16.3. The Labute approximate surface area is 112 Å². The number of likely N-dealkylation sites (tertiary alicyclic amines) is 1. The first-order chi connectivity index (χ1) is 9.18. The molecule has 4 nitrogen and oxygen atoms in total. The van der Waals surface area contributed by atoms with E-state index in [0.717, 1.165) is 24.8 Å². The average Bonchev–Trinajstić information content (AvgIpc) is 2.68. The van der Waals surface area contributed by atoms with Crippen molar-refractivity contribution in [3.05, 3.63) is 35.9 Å². The fourth-order valence-corrected chi connectivity index (χ4v) is 3.11. The van der Waals surface area contributed by atoms with Crippen molar-refractivity contribution < 1.29 is 14.7 Å². The second-order valence-corrected chi connectivity index (χ2v) is 5.47. The molecule has 2 fully saturated rings. The number of carbonyl (C=O) groups excluding carboxylic acids is 2. The lowest BCUT2D eigenvalue weighted by Gasteiger charge is -2.46. The maximum absolute atomic E-state index is 12.5. The summed E-state index contributed by atoms with van der Waals surface area (Å²) in [6.07, 6.45) is 2.64. The Morgan fingerprint density at radius 1 is 1.21 bits per heavy atom. The van der Waals surface area contributed by atoms with Gasteiger partial charge in [0.15, 0.2) is 0 Å². The van der Waals surface area contributed by atoms with Gasteiger partial charge in [-0.25, -0.2) is 0 Å². The highest BCUT2D eigenvalue weighted by Crippen LogP contribution is 2.43. The van der Waals surface area contributed by atoms with E-state index in [2.05, 4.69) is 0 Å². The number of carbonyl (C=O) groups is 2.